The molecule has 0 heterocycles. The summed E-state index contributed by atoms with van der Waals surface area (Å²) >= 11 is 0. The van der Waals surface area contributed by atoms with Gasteiger partial charge in [0, 0.05) is 19.3 Å². The van der Waals surface area contributed by atoms with Crippen LogP contribution < -0.4 is 10.2 Å². The lowest BCUT2D eigenvalue weighted by molar-refractivity contribution is 0.615. The van der Waals surface area contributed by atoms with E-state index in [4.69, 9.17) is 0 Å². The van der Waals surface area contributed by atoms with Crippen LogP contribution in [0.25, 0.3) is 0 Å². The van der Waals surface area contributed by atoms with Crippen LogP contribution in [0.1, 0.15) is 37.3 Å². The fraction of sp³-hybridized carbons (Fsp3) is 0.625. The van der Waals surface area contributed by atoms with E-state index >= 15 is 0 Å². The van der Waals surface area contributed by atoms with Gasteiger partial charge in [-0.05, 0) is 57.8 Å². The molecule has 0 amide bonds. The second-order valence-corrected chi connectivity index (χ2v) is 5.17. The Balaban J connectivity index is 2.29. The molecule has 0 saturated carbocycles. The summed E-state index contributed by atoms with van der Waals surface area (Å²) in [6.45, 7) is 9.98. The summed E-state index contributed by atoms with van der Waals surface area (Å²) in [5, 5.41) is 3.45. The first-order valence-electron chi connectivity index (χ1n) is 7.14. The zero-order chi connectivity index (χ0) is 13.4. The Morgan fingerprint density at radius 3 is 2.56 bits per heavy atom. The van der Waals surface area contributed by atoms with Gasteiger partial charge in [0.2, 0.25) is 0 Å². The lowest BCUT2D eigenvalue weighted by Crippen LogP contribution is -2.21. The molecule has 0 aliphatic carbocycles. The molecular weight excluding hydrogens is 220 g/mol. The summed E-state index contributed by atoms with van der Waals surface area (Å²) in [5.74, 6) is 0. The Morgan fingerprint density at radius 1 is 1.11 bits per heavy atom. The van der Waals surface area contributed by atoms with Gasteiger partial charge in [0.1, 0.15) is 0 Å². The molecule has 0 bridgehead atoms. The van der Waals surface area contributed by atoms with Crippen LogP contribution in [0.15, 0.2) is 18.2 Å². The second-order valence-electron chi connectivity index (χ2n) is 5.17. The minimum absolute atomic E-state index is 1.14. The number of aryl methyl sites for hydroxylation is 2. The highest BCUT2D eigenvalue weighted by atomic mass is 15.1. The Bertz CT molecular complexity index is 347. The summed E-state index contributed by atoms with van der Waals surface area (Å²) in [6.07, 6.45) is 3.73. The number of unbranched alkanes of at least 4 members (excludes halogenated alkanes) is 1. The zero-order valence-corrected chi connectivity index (χ0v) is 12.4. The molecule has 0 radical (unpaired) electrons. The van der Waals surface area contributed by atoms with Gasteiger partial charge in [-0.15, -0.1) is 0 Å². The highest BCUT2D eigenvalue weighted by molar-refractivity contribution is 5.53. The van der Waals surface area contributed by atoms with Crippen LogP contribution in [0.3, 0.4) is 0 Å². The molecule has 2 nitrogen and oxygen atoms in total. The molecule has 0 unspecified atom stereocenters. The van der Waals surface area contributed by atoms with E-state index in [1.165, 1.54) is 36.1 Å². The van der Waals surface area contributed by atoms with Crippen LogP contribution in [-0.4, -0.2) is 26.7 Å². The summed E-state index contributed by atoms with van der Waals surface area (Å²) in [5.41, 5.74) is 4.08. The number of hydrogen-bond acceptors (Lipinski definition) is 2. The van der Waals surface area contributed by atoms with E-state index < -0.39 is 0 Å². The van der Waals surface area contributed by atoms with Crippen molar-refractivity contribution in [2.24, 2.45) is 0 Å². The number of benzene rings is 1. The third-order valence-corrected chi connectivity index (χ3v) is 3.29. The molecule has 0 saturated heterocycles. The monoisotopic (exact) mass is 248 g/mol. The van der Waals surface area contributed by atoms with Crippen molar-refractivity contribution in [1.29, 1.82) is 0 Å². The van der Waals surface area contributed by atoms with E-state index in [9.17, 15) is 0 Å². The van der Waals surface area contributed by atoms with Gasteiger partial charge in [-0.2, -0.15) is 0 Å². The fourth-order valence-electron chi connectivity index (χ4n) is 2.25. The maximum absolute atomic E-state index is 3.45. The lowest BCUT2D eigenvalue weighted by atomic mass is 10.1. The van der Waals surface area contributed by atoms with Crippen molar-refractivity contribution in [2.75, 3.05) is 31.6 Å². The third-order valence-electron chi connectivity index (χ3n) is 3.29. The van der Waals surface area contributed by atoms with Crippen molar-refractivity contribution in [3.63, 3.8) is 0 Å². The number of rotatable bonds is 8. The van der Waals surface area contributed by atoms with Crippen LogP contribution in [0.5, 0.6) is 0 Å². The molecule has 1 rings (SSSR count). The fourth-order valence-corrected chi connectivity index (χ4v) is 2.25. The smallest absolute Gasteiger partial charge is 0.0393 e. The van der Waals surface area contributed by atoms with Gasteiger partial charge in [-0.25, -0.2) is 0 Å². The highest BCUT2D eigenvalue weighted by Gasteiger charge is 2.03. The SMILES string of the molecule is CCCNCCCCN(C)c1ccc(C)cc1C. The quantitative estimate of drug-likeness (QED) is 0.708. The van der Waals surface area contributed by atoms with E-state index in [2.05, 4.69) is 56.2 Å². The Labute approximate surface area is 112 Å². The first-order chi connectivity index (χ1) is 8.65. The molecule has 0 spiro atoms. The number of hydrogen-bond donors (Lipinski definition) is 1. The molecule has 1 aromatic carbocycles. The molecule has 0 fully saturated rings. The average Bonchev–Trinajstić information content (AvgIpc) is 2.33. The van der Waals surface area contributed by atoms with E-state index in [-0.39, 0.29) is 0 Å². The molecule has 18 heavy (non-hydrogen) atoms. The molecule has 0 aliphatic rings. The first-order valence-corrected chi connectivity index (χ1v) is 7.14. The minimum Gasteiger partial charge on any atom is -0.374 e. The molecule has 2 heteroatoms. The van der Waals surface area contributed by atoms with Crippen molar-refractivity contribution >= 4 is 5.69 Å². The minimum atomic E-state index is 1.14. The van der Waals surface area contributed by atoms with E-state index in [1.54, 1.807) is 0 Å². The predicted molar refractivity (Wildman–Crippen MR) is 81.6 cm³/mol. The van der Waals surface area contributed by atoms with Crippen molar-refractivity contribution < 1.29 is 0 Å². The van der Waals surface area contributed by atoms with Gasteiger partial charge >= 0.3 is 0 Å². The van der Waals surface area contributed by atoms with Crippen molar-refractivity contribution in [1.82, 2.24) is 5.32 Å². The average molecular weight is 248 g/mol. The molecule has 0 aromatic heterocycles. The highest BCUT2D eigenvalue weighted by Crippen LogP contribution is 2.20. The topological polar surface area (TPSA) is 15.3 Å². The molecule has 0 aliphatic heterocycles. The normalized spacial score (nSPS) is 10.7. The third kappa shape index (κ3) is 5.09. The second kappa shape index (κ2) is 8.15. The maximum Gasteiger partial charge on any atom is 0.0393 e. The largest absolute Gasteiger partial charge is 0.374 e. The van der Waals surface area contributed by atoms with Gasteiger partial charge in [0.05, 0.1) is 0 Å². The first kappa shape index (κ1) is 15.0. The van der Waals surface area contributed by atoms with Crippen LogP contribution in [-0.2, 0) is 0 Å². The Morgan fingerprint density at radius 2 is 1.89 bits per heavy atom. The van der Waals surface area contributed by atoms with Gasteiger partial charge in [-0.1, -0.05) is 24.6 Å². The standard InChI is InChI=1S/C16H28N2/c1-5-10-17-11-6-7-12-18(4)16-9-8-14(2)13-15(16)3/h8-9,13,17H,5-7,10-12H2,1-4H3. The van der Waals surface area contributed by atoms with Gasteiger partial charge in [0.25, 0.3) is 0 Å². The van der Waals surface area contributed by atoms with Crippen molar-refractivity contribution in [3.05, 3.63) is 29.3 Å². The van der Waals surface area contributed by atoms with Crippen molar-refractivity contribution in [2.45, 2.75) is 40.0 Å². The van der Waals surface area contributed by atoms with Gasteiger partial charge in [0.15, 0.2) is 0 Å². The zero-order valence-electron chi connectivity index (χ0n) is 12.4. The van der Waals surface area contributed by atoms with E-state index in [0.29, 0.717) is 0 Å². The summed E-state index contributed by atoms with van der Waals surface area (Å²) in [6, 6.07) is 6.69. The van der Waals surface area contributed by atoms with Gasteiger partial charge < -0.3 is 10.2 Å². The summed E-state index contributed by atoms with van der Waals surface area (Å²) < 4.78 is 0. The Kier molecular flexibility index (Phi) is 6.81. The molecule has 1 N–H and O–H groups in total. The number of nitrogens with one attached hydrogen (secondary N) is 1. The summed E-state index contributed by atoms with van der Waals surface area (Å²) in [7, 11) is 2.19. The van der Waals surface area contributed by atoms with Gasteiger partial charge in [-0.3, -0.25) is 0 Å². The van der Waals surface area contributed by atoms with Crippen LogP contribution in [0.2, 0.25) is 0 Å². The van der Waals surface area contributed by atoms with E-state index in [1.807, 2.05) is 0 Å². The molecule has 102 valence electrons. The van der Waals surface area contributed by atoms with Crippen LogP contribution in [0.4, 0.5) is 5.69 Å². The lowest BCUT2D eigenvalue weighted by Gasteiger charge is -2.21. The number of nitrogens with zero attached hydrogens (tertiary/aromatic N) is 1. The molecule has 1 aromatic rings. The maximum atomic E-state index is 3.45. The summed E-state index contributed by atoms with van der Waals surface area (Å²) in [4.78, 5) is 2.37. The number of anilines is 1. The van der Waals surface area contributed by atoms with Crippen LogP contribution in [0, 0.1) is 13.8 Å². The molecule has 0 atom stereocenters. The Hall–Kier alpha value is -1.02. The predicted octanol–water partition coefficient (Wildman–Crippen LogP) is 3.52. The molecular formula is C16H28N2. The van der Waals surface area contributed by atoms with Crippen LogP contribution >= 0.6 is 0 Å². The van der Waals surface area contributed by atoms with E-state index in [0.717, 1.165) is 19.6 Å². The van der Waals surface area contributed by atoms with Crippen molar-refractivity contribution in [3.8, 4) is 0 Å².